The number of anilines is 2. The summed E-state index contributed by atoms with van der Waals surface area (Å²) in [6, 6.07) is 4.46. The monoisotopic (exact) mass is 265 g/mol. The second-order valence-electron chi connectivity index (χ2n) is 5.08. The lowest BCUT2D eigenvalue weighted by molar-refractivity contribution is -0.384. The third kappa shape index (κ3) is 3.57. The van der Waals surface area contributed by atoms with Crippen molar-refractivity contribution in [2.24, 2.45) is 5.92 Å². The molecule has 0 aliphatic heterocycles. The minimum atomic E-state index is -0.456. The van der Waals surface area contributed by atoms with Gasteiger partial charge in [0.2, 0.25) is 0 Å². The summed E-state index contributed by atoms with van der Waals surface area (Å²) in [7, 11) is 0. The molecule has 1 saturated carbocycles. The van der Waals surface area contributed by atoms with Crippen molar-refractivity contribution >= 4 is 17.1 Å². The van der Waals surface area contributed by atoms with Crippen LogP contribution in [0.1, 0.15) is 25.7 Å². The van der Waals surface area contributed by atoms with E-state index in [0.717, 1.165) is 37.9 Å². The number of nitrogens with two attached hydrogens (primary N) is 1. The van der Waals surface area contributed by atoms with Gasteiger partial charge in [-0.3, -0.25) is 10.1 Å². The zero-order valence-corrected chi connectivity index (χ0v) is 10.7. The molecule has 0 heterocycles. The van der Waals surface area contributed by atoms with Gasteiger partial charge >= 0.3 is 0 Å². The lowest BCUT2D eigenvalue weighted by atomic mass is 9.87. The highest BCUT2D eigenvalue weighted by Gasteiger charge is 2.19. The molecule has 1 aromatic rings. The average molecular weight is 265 g/mol. The van der Waals surface area contributed by atoms with Crippen LogP contribution in [0, 0.1) is 16.0 Å². The molecule has 0 radical (unpaired) electrons. The Morgan fingerprint density at radius 2 is 2.05 bits per heavy atom. The van der Waals surface area contributed by atoms with E-state index in [1.54, 1.807) is 6.07 Å². The number of nitrogens with zero attached hydrogens (tertiary/aromatic N) is 1. The average Bonchev–Trinajstić information content (AvgIpc) is 2.39. The van der Waals surface area contributed by atoms with Crippen LogP contribution in [0.5, 0.6) is 0 Å². The smallest absolute Gasteiger partial charge is 0.271 e. The fourth-order valence-corrected chi connectivity index (χ4v) is 2.43. The van der Waals surface area contributed by atoms with Crippen molar-refractivity contribution in [1.29, 1.82) is 0 Å². The summed E-state index contributed by atoms with van der Waals surface area (Å²) in [4.78, 5) is 10.2. The predicted molar refractivity (Wildman–Crippen MR) is 74.0 cm³/mol. The molecule has 1 aliphatic carbocycles. The molecule has 1 aliphatic rings. The molecule has 2 rings (SSSR count). The lowest BCUT2D eigenvalue weighted by Crippen LogP contribution is -2.23. The van der Waals surface area contributed by atoms with Gasteiger partial charge in [0, 0.05) is 18.7 Å². The van der Waals surface area contributed by atoms with Gasteiger partial charge in [-0.2, -0.15) is 0 Å². The molecule has 6 heteroatoms. The minimum absolute atomic E-state index is 0.00355. The van der Waals surface area contributed by atoms with Crippen LogP contribution in [-0.2, 0) is 0 Å². The van der Waals surface area contributed by atoms with E-state index < -0.39 is 4.92 Å². The van der Waals surface area contributed by atoms with E-state index in [-0.39, 0.29) is 11.8 Å². The summed E-state index contributed by atoms with van der Waals surface area (Å²) < 4.78 is 0. The number of hydrogen-bond donors (Lipinski definition) is 3. The Bertz CT molecular complexity index is 456. The van der Waals surface area contributed by atoms with Crippen LogP contribution in [-0.4, -0.2) is 22.7 Å². The van der Waals surface area contributed by atoms with E-state index in [1.165, 1.54) is 12.1 Å². The zero-order valence-electron chi connectivity index (χ0n) is 10.7. The molecule has 1 fully saturated rings. The number of benzene rings is 1. The van der Waals surface area contributed by atoms with Crippen molar-refractivity contribution in [3.05, 3.63) is 28.3 Å². The number of rotatable bonds is 4. The molecule has 0 aromatic heterocycles. The van der Waals surface area contributed by atoms with Gasteiger partial charge < -0.3 is 16.2 Å². The first-order valence-corrected chi connectivity index (χ1v) is 6.52. The van der Waals surface area contributed by atoms with Crippen molar-refractivity contribution in [2.75, 3.05) is 17.6 Å². The summed E-state index contributed by atoms with van der Waals surface area (Å²) in [6.07, 6.45) is 3.55. The number of aliphatic hydroxyl groups excluding tert-OH is 1. The SMILES string of the molecule is Nc1cc([N+](=O)[O-])ccc1NCC1CCC(O)CC1. The second-order valence-corrected chi connectivity index (χ2v) is 5.08. The normalized spacial score (nSPS) is 23.0. The van der Waals surface area contributed by atoms with Gasteiger partial charge in [0.05, 0.1) is 22.4 Å². The number of nitrogens with one attached hydrogen (secondary N) is 1. The first kappa shape index (κ1) is 13.6. The highest BCUT2D eigenvalue weighted by atomic mass is 16.6. The Morgan fingerprint density at radius 1 is 1.37 bits per heavy atom. The van der Waals surface area contributed by atoms with Crippen LogP contribution in [0.3, 0.4) is 0 Å². The van der Waals surface area contributed by atoms with Crippen LogP contribution >= 0.6 is 0 Å². The van der Waals surface area contributed by atoms with Gasteiger partial charge in [-0.15, -0.1) is 0 Å². The number of non-ortho nitro benzene ring substituents is 1. The maximum absolute atomic E-state index is 10.6. The van der Waals surface area contributed by atoms with Gasteiger partial charge in [-0.25, -0.2) is 0 Å². The molecule has 0 saturated heterocycles. The first-order valence-electron chi connectivity index (χ1n) is 6.52. The fraction of sp³-hybridized carbons (Fsp3) is 0.538. The highest BCUT2D eigenvalue weighted by molar-refractivity contribution is 5.69. The van der Waals surface area contributed by atoms with E-state index in [4.69, 9.17) is 5.73 Å². The van der Waals surface area contributed by atoms with Gasteiger partial charge in [-0.05, 0) is 37.7 Å². The minimum Gasteiger partial charge on any atom is -0.397 e. The van der Waals surface area contributed by atoms with E-state index in [1.807, 2.05) is 0 Å². The summed E-state index contributed by atoms with van der Waals surface area (Å²) in [5, 5.41) is 23.3. The summed E-state index contributed by atoms with van der Waals surface area (Å²) in [6.45, 7) is 0.786. The number of nitrogen functional groups attached to an aromatic ring is 1. The summed E-state index contributed by atoms with van der Waals surface area (Å²) in [5.74, 6) is 0.526. The van der Waals surface area contributed by atoms with Crippen LogP contribution in [0.2, 0.25) is 0 Å². The van der Waals surface area contributed by atoms with Crippen LogP contribution in [0.4, 0.5) is 17.1 Å². The first-order chi connectivity index (χ1) is 9.06. The number of hydrogen-bond acceptors (Lipinski definition) is 5. The molecule has 4 N–H and O–H groups in total. The Balaban J connectivity index is 1.91. The van der Waals surface area contributed by atoms with E-state index in [0.29, 0.717) is 11.6 Å². The van der Waals surface area contributed by atoms with E-state index in [2.05, 4.69) is 5.32 Å². The summed E-state index contributed by atoms with van der Waals surface area (Å²) in [5.41, 5.74) is 6.92. The third-order valence-electron chi connectivity index (χ3n) is 3.64. The van der Waals surface area contributed by atoms with Crippen LogP contribution < -0.4 is 11.1 Å². The molecular weight excluding hydrogens is 246 g/mol. The standard InChI is InChI=1S/C13H19N3O3/c14-12-7-10(16(18)19)3-6-13(12)15-8-9-1-4-11(17)5-2-9/h3,6-7,9,11,15,17H,1-2,4-5,8,14H2. The molecule has 1 aromatic carbocycles. The van der Waals surface area contributed by atoms with Crippen molar-refractivity contribution < 1.29 is 10.0 Å². The molecule has 19 heavy (non-hydrogen) atoms. The van der Waals surface area contributed by atoms with E-state index in [9.17, 15) is 15.2 Å². The fourth-order valence-electron chi connectivity index (χ4n) is 2.43. The molecule has 104 valence electrons. The summed E-state index contributed by atoms with van der Waals surface area (Å²) >= 11 is 0. The van der Waals surface area contributed by atoms with Gasteiger partial charge in [0.1, 0.15) is 0 Å². The molecular formula is C13H19N3O3. The Hall–Kier alpha value is -1.82. The van der Waals surface area contributed by atoms with Gasteiger partial charge in [0.25, 0.3) is 5.69 Å². The molecule has 6 nitrogen and oxygen atoms in total. The molecule has 0 unspecified atom stereocenters. The van der Waals surface area contributed by atoms with Gasteiger partial charge in [0.15, 0.2) is 0 Å². The Morgan fingerprint density at radius 3 is 2.63 bits per heavy atom. The maximum atomic E-state index is 10.6. The maximum Gasteiger partial charge on any atom is 0.271 e. The lowest BCUT2D eigenvalue weighted by Gasteiger charge is -2.26. The van der Waals surface area contributed by atoms with Crippen molar-refractivity contribution in [2.45, 2.75) is 31.8 Å². The highest BCUT2D eigenvalue weighted by Crippen LogP contribution is 2.27. The van der Waals surface area contributed by atoms with Crippen LogP contribution in [0.25, 0.3) is 0 Å². The Kier molecular flexibility index (Phi) is 4.21. The van der Waals surface area contributed by atoms with Crippen molar-refractivity contribution in [3.8, 4) is 0 Å². The number of nitro groups is 1. The molecule has 0 bridgehead atoms. The quantitative estimate of drug-likeness (QED) is 0.440. The Labute approximate surface area is 111 Å². The zero-order chi connectivity index (χ0) is 13.8. The molecule has 0 atom stereocenters. The van der Waals surface area contributed by atoms with E-state index >= 15 is 0 Å². The topological polar surface area (TPSA) is 101 Å². The van der Waals surface area contributed by atoms with Crippen molar-refractivity contribution in [3.63, 3.8) is 0 Å². The van der Waals surface area contributed by atoms with Gasteiger partial charge in [-0.1, -0.05) is 0 Å². The number of aliphatic hydroxyl groups is 1. The molecule has 0 amide bonds. The number of nitro benzene ring substituents is 1. The predicted octanol–water partition coefficient (Wildman–Crippen LogP) is 2.14. The van der Waals surface area contributed by atoms with Crippen LogP contribution in [0.15, 0.2) is 18.2 Å². The van der Waals surface area contributed by atoms with Crippen molar-refractivity contribution in [1.82, 2.24) is 0 Å². The molecule has 0 spiro atoms. The second kappa shape index (κ2) is 5.88. The third-order valence-corrected chi connectivity index (χ3v) is 3.64. The largest absolute Gasteiger partial charge is 0.397 e.